The molecule has 0 aliphatic heterocycles. The number of hydrogen-bond donors (Lipinski definition) is 1. The van der Waals surface area contributed by atoms with Crippen LogP contribution in [0.15, 0.2) is 17.1 Å². The van der Waals surface area contributed by atoms with Crippen LogP contribution in [0.5, 0.6) is 0 Å². The number of aryl methyl sites for hydroxylation is 1. The van der Waals surface area contributed by atoms with E-state index in [-0.39, 0.29) is 0 Å². The Balaban J connectivity index is 2.19. The maximum absolute atomic E-state index is 4.44. The van der Waals surface area contributed by atoms with Crippen molar-refractivity contribution < 1.29 is 0 Å². The fraction of sp³-hybridized carbons (Fsp3) is 0.600. The summed E-state index contributed by atoms with van der Waals surface area (Å²) in [5.41, 5.74) is 2.75. The normalized spacial score (nSPS) is 13.1. The summed E-state index contributed by atoms with van der Waals surface area (Å²) in [4.78, 5) is 4.44. The van der Waals surface area contributed by atoms with E-state index in [0.717, 1.165) is 25.2 Å². The fourth-order valence-electron chi connectivity index (χ4n) is 2.37. The van der Waals surface area contributed by atoms with Crippen molar-refractivity contribution in [3.63, 3.8) is 0 Å². The number of nitrogens with zero attached hydrogens (tertiary/aromatic N) is 3. The third kappa shape index (κ3) is 3.46. The van der Waals surface area contributed by atoms with E-state index in [0.29, 0.717) is 12.1 Å². The molecule has 0 aromatic carbocycles. The van der Waals surface area contributed by atoms with Gasteiger partial charge in [-0.05, 0) is 55.6 Å². The van der Waals surface area contributed by atoms with Gasteiger partial charge < -0.3 is 5.32 Å². The lowest BCUT2D eigenvalue weighted by atomic mass is 10.0. The summed E-state index contributed by atoms with van der Waals surface area (Å²) < 4.78 is 2.02. The van der Waals surface area contributed by atoms with Crippen molar-refractivity contribution in [2.24, 2.45) is 0 Å². The molecule has 2 aromatic heterocycles. The van der Waals surface area contributed by atoms with Crippen molar-refractivity contribution in [3.05, 3.63) is 34.0 Å². The van der Waals surface area contributed by atoms with Crippen LogP contribution < -0.4 is 5.32 Å². The quantitative estimate of drug-likeness (QED) is 0.849. The molecule has 2 aromatic rings. The number of aromatic nitrogens is 3. The van der Waals surface area contributed by atoms with Crippen LogP contribution >= 0.6 is 11.3 Å². The Morgan fingerprint density at radius 1 is 1.35 bits per heavy atom. The number of nitrogens with one attached hydrogen (secondary N) is 1. The van der Waals surface area contributed by atoms with E-state index in [1.54, 1.807) is 17.7 Å². The summed E-state index contributed by atoms with van der Waals surface area (Å²) in [5.74, 6) is 1.05. The average molecular weight is 292 g/mol. The van der Waals surface area contributed by atoms with Crippen molar-refractivity contribution in [1.29, 1.82) is 0 Å². The van der Waals surface area contributed by atoms with Gasteiger partial charge in [0.05, 0.1) is 0 Å². The van der Waals surface area contributed by atoms with E-state index in [4.69, 9.17) is 0 Å². The smallest absolute Gasteiger partial charge is 0.138 e. The van der Waals surface area contributed by atoms with Crippen LogP contribution in [-0.2, 0) is 6.42 Å². The third-order valence-electron chi connectivity index (χ3n) is 3.43. The highest BCUT2D eigenvalue weighted by atomic mass is 32.1. The van der Waals surface area contributed by atoms with E-state index < -0.39 is 0 Å². The molecule has 0 spiro atoms. The maximum atomic E-state index is 4.44. The van der Waals surface area contributed by atoms with Gasteiger partial charge in [0, 0.05) is 18.5 Å². The van der Waals surface area contributed by atoms with E-state index >= 15 is 0 Å². The number of hydrogen-bond acceptors (Lipinski definition) is 4. The second-order valence-corrected chi connectivity index (χ2v) is 6.18. The van der Waals surface area contributed by atoms with E-state index in [1.165, 1.54) is 11.1 Å². The van der Waals surface area contributed by atoms with Crippen LogP contribution in [0.4, 0.5) is 0 Å². The molecule has 0 saturated heterocycles. The first-order valence-electron chi connectivity index (χ1n) is 7.28. The van der Waals surface area contributed by atoms with Gasteiger partial charge in [0.2, 0.25) is 0 Å². The topological polar surface area (TPSA) is 42.7 Å². The van der Waals surface area contributed by atoms with Gasteiger partial charge >= 0.3 is 0 Å². The Bertz CT molecular complexity index is 529. The van der Waals surface area contributed by atoms with Crippen molar-refractivity contribution in [2.75, 3.05) is 6.54 Å². The van der Waals surface area contributed by atoms with E-state index in [2.05, 4.69) is 53.9 Å². The minimum atomic E-state index is 0.322. The zero-order chi connectivity index (χ0) is 14.5. The Kier molecular flexibility index (Phi) is 5.31. The third-order valence-corrected chi connectivity index (χ3v) is 4.31. The van der Waals surface area contributed by atoms with Crippen molar-refractivity contribution in [2.45, 2.75) is 52.6 Å². The first-order chi connectivity index (χ1) is 9.63. The van der Waals surface area contributed by atoms with Crippen LogP contribution in [0.1, 0.15) is 56.2 Å². The molecular formula is C15H24N4S. The molecule has 1 N–H and O–H groups in total. The SMILES string of the molecule is CCCNC(Cc1ncnn1C(C)C)c1cscc1C. The van der Waals surface area contributed by atoms with Crippen molar-refractivity contribution in [1.82, 2.24) is 20.1 Å². The molecule has 0 radical (unpaired) electrons. The lowest BCUT2D eigenvalue weighted by Crippen LogP contribution is -2.26. The Labute approximate surface area is 125 Å². The molecule has 0 saturated carbocycles. The highest BCUT2D eigenvalue weighted by molar-refractivity contribution is 7.08. The zero-order valence-corrected chi connectivity index (χ0v) is 13.6. The van der Waals surface area contributed by atoms with Gasteiger partial charge in [0.25, 0.3) is 0 Å². The summed E-state index contributed by atoms with van der Waals surface area (Å²) in [7, 11) is 0. The molecule has 0 aliphatic carbocycles. The van der Waals surface area contributed by atoms with Gasteiger partial charge in [-0.25, -0.2) is 9.67 Å². The standard InChI is InChI=1S/C15H24N4S/c1-5-6-16-14(13-9-20-8-12(13)4)7-15-17-10-18-19(15)11(2)3/h8-11,14,16H,5-7H2,1-4H3. The van der Waals surface area contributed by atoms with Crippen molar-refractivity contribution >= 4 is 11.3 Å². The van der Waals surface area contributed by atoms with Gasteiger partial charge in [0.1, 0.15) is 12.2 Å². The maximum Gasteiger partial charge on any atom is 0.138 e. The van der Waals surface area contributed by atoms with Crippen LogP contribution in [0.3, 0.4) is 0 Å². The van der Waals surface area contributed by atoms with E-state index in [1.807, 2.05) is 4.68 Å². The molecule has 4 nitrogen and oxygen atoms in total. The highest BCUT2D eigenvalue weighted by Gasteiger charge is 2.18. The fourth-order valence-corrected chi connectivity index (χ4v) is 3.28. The van der Waals surface area contributed by atoms with Crippen molar-refractivity contribution in [3.8, 4) is 0 Å². The first kappa shape index (κ1) is 15.2. The molecule has 1 atom stereocenters. The van der Waals surface area contributed by atoms with Crippen LogP contribution in [0.25, 0.3) is 0 Å². The molecule has 1 unspecified atom stereocenters. The van der Waals surface area contributed by atoms with E-state index in [9.17, 15) is 0 Å². The van der Waals surface area contributed by atoms with Crippen LogP contribution in [0, 0.1) is 6.92 Å². The lowest BCUT2D eigenvalue weighted by molar-refractivity contribution is 0.463. The number of rotatable bonds is 7. The lowest BCUT2D eigenvalue weighted by Gasteiger charge is -2.19. The van der Waals surface area contributed by atoms with Crippen LogP contribution in [-0.4, -0.2) is 21.3 Å². The summed E-state index contributed by atoms with van der Waals surface area (Å²) in [6.07, 6.45) is 3.68. The summed E-state index contributed by atoms with van der Waals surface area (Å²) in [6, 6.07) is 0.672. The molecule has 0 fully saturated rings. The predicted molar refractivity (Wildman–Crippen MR) is 84.2 cm³/mol. The summed E-state index contributed by atoms with van der Waals surface area (Å²) >= 11 is 1.77. The van der Waals surface area contributed by atoms with Gasteiger partial charge in [-0.2, -0.15) is 16.4 Å². The first-order valence-corrected chi connectivity index (χ1v) is 8.22. The monoisotopic (exact) mass is 292 g/mol. The average Bonchev–Trinajstić information content (AvgIpc) is 3.03. The molecule has 20 heavy (non-hydrogen) atoms. The summed E-state index contributed by atoms with van der Waals surface area (Å²) in [6.45, 7) is 9.68. The molecule has 110 valence electrons. The van der Waals surface area contributed by atoms with Gasteiger partial charge in [-0.3, -0.25) is 0 Å². The molecule has 2 heterocycles. The Morgan fingerprint density at radius 2 is 2.15 bits per heavy atom. The molecule has 0 bridgehead atoms. The summed E-state index contributed by atoms with van der Waals surface area (Å²) in [5, 5.41) is 12.4. The highest BCUT2D eigenvalue weighted by Crippen LogP contribution is 2.25. The van der Waals surface area contributed by atoms with Gasteiger partial charge in [-0.15, -0.1) is 0 Å². The second-order valence-electron chi connectivity index (χ2n) is 5.44. The van der Waals surface area contributed by atoms with Crippen LogP contribution in [0.2, 0.25) is 0 Å². The zero-order valence-electron chi connectivity index (χ0n) is 12.8. The van der Waals surface area contributed by atoms with Gasteiger partial charge in [-0.1, -0.05) is 6.92 Å². The Morgan fingerprint density at radius 3 is 2.75 bits per heavy atom. The molecular weight excluding hydrogens is 268 g/mol. The molecule has 0 aliphatic rings. The largest absolute Gasteiger partial charge is 0.310 e. The molecule has 0 amide bonds. The number of thiophene rings is 1. The second kappa shape index (κ2) is 6.99. The molecule has 2 rings (SSSR count). The van der Waals surface area contributed by atoms with Gasteiger partial charge in [0.15, 0.2) is 0 Å². The molecule has 5 heteroatoms. The minimum Gasteiger partial charge on any atom is -0.310 e. The minimum absolute atomic E-state index is 0.322. The Hall–Kier alpha value is -1.20. The predicted octanol–water partition coefficient (Wildman–Crippen LogP) is 3.51.